The van der Waals surface area contributed by atoms with Crippen LogP contribution < -0.4 is 10.5 Å². The monoisotopic (exact) mass is 258 g/mol. The molecule has 2 rings (SSSR count). The number of nitrogens with two attached hydrogens (primary N) is 1. The van der Waals surface area contributed by atoms with Gasteiger partial charge in [0.15, 0.2) is 0 Å². The van der Waals surface area contributed by atoms with Crippen molar-refractivity contribution in [2.45, 2.75) is 31.2 Å². The summed E-state index contributed by atoms with van der Waals surface area (Å²) in [7, 11) is -3.74. The van der Waals surface area contributed by atoms with Crippen LogP contribution in [-0.2, 0) is 10.0 Å². The molecule has 17 heavy (non-hydrogen) atoms. The first kappa shape index (κ1) is 12.3. The molecule has 3 N–H and O–H groups in total. The summed E-state index contributed by atoms with van der Waals surface area (Å²) in [6, 6.07) is 3.67. The fourth-order valence-corrected chi connectivity index (χ4v) is 3.22. The molecule has 1 aromatic carbocycles. The second kappa shape index (κ2) is 3.68. The molecule has 6 heteroatoms. The lowest BCUT2D eigenvalue weighted by molar-refractivity contribution is 0.554. The number of rotatable bonds is 3. The van der Waals surface area contributed by atoms with Crippen molar-refractivity contribution in [3.05, 3.63) is 24.0 Å². The van der Waals surface area contributed by atoms with E-state index in [9.17, 15) is 12.8 Å². The van der Waals surface area contributed by atoms with E-state index in [-0.39, 0.29) is 22.0 Å². The molecule has 0 saturated heterocycles. The smallest absolute Gasteiger partial charge is 0.242 e. The highest BCUT2D eigenvalue weighted by Crippen LogP contribution is 2.45. The van der Waals surface area contributed by atoms with Crippen LogP contribution in [0.3, 0.4) is 0 Å². The molecule has 0 heterocycles. The fraction of sp³-hybridized carbons (Fsp3) is 0.455. The average Bonchev–Trinajstić information content (AvgIpc) is 2.77. The molecule has 1 aliphatic rings. The maximum Gasteiger partial charge on any atom is 0.242 e. The van der Waals surface area contributed by atoms with Crippen LogP contribution in [0, 0.1) is 11.2 Å². The first-order chi connectivity index (χ1) is 7.74. The molecule has 0 aromatic heterocycles. The van der Waals surface area contributed by atoms with E-state index < -0.39 is 15.8 Å². The van der Waals surface area contributed by atoms with Crippen molar-refractivity contribution >= 4 is 15.7 Å². The van der Waals surface area contributed by atoms with Crippen molar-refractivity contribution in [3.8, 4) is 0 Å². The summed E-state index contributed by atoms with van der Waals surface area (Å²) in [5.74, 6) is -0.720. The molecule has 0 aliphatic heterocycles. The highest BCUT2D eigenvalue weighted by molar-refractivity contribution is 7.89. The summed E-state index contributed by atoms with van der Waals surface area (Å²) >= 11 is 0. The van der Waals surface area contributed by atoms with Gasteiger partial charge >= 0.3 is 0 Å². The van der Waals surface area contributed by atoms with Crippen LogP contribution in [0.1, 0.15) is 20.3 Å². The van der Waals surface area contributed by atoms with E-state index in [1.165, 1.54) is 12.1 Å². The van der Waals surface area contributed by atoms with E-state index in [1.807, 2.05) is 13.8 Å². The fourth-order valence-electron chi connectivity index (χ4n) is 1.67. The summed E-state index contributed by atoms with van der Waals surface area (Å²) in [4.78, 5) is -0.194. The Hall–Kier alpha value is -1.14. The normalized spacial score (nSPS) is 22.4. The number of hydrogen-bond donors (Lipinski definition) is 2. The van der Waals surface area contributed by atoms with Gasteiger partial charge in [-0.3, -0.25) is 0 Å². The Morgan fingerprint density at radius 3 is 2.59 bits per heavy atom. The van der Waals surface area contributed by atoms with E-state index in [0.29, 0.717) is 0 Å². The van der Waals surface area contributed by atoms with E-state index in [2.05, 4.69) is 4.72 Å². The number of hydrogen-bond acceptors (Lipinski definition) is 3. The predicted molar refractivity (Wildman–Crippen MR) is 63.3 cm³/mol. The van der Waals surface area contributed by atoms with Crippen molar-refractivity contribution in [2.24, 2.45) is 5.41 Å². The van der Waals surface area contributed by atoms with Gasteiger partial charge in [0.05, 0.1) is 5.69 Å². The molecule has 0 spiro atoms. The van der Waals surface area contributed by atoms with Crippen molar-refractivity contribution < 1.29 is 12.8 Å². The maximum absolute atomic E-state index is 13.2. The predicted octanol–water partition coefficient (Wildman–Crippen LogP) is 1.48. The second-order valence-electron chi connectivity index (χ2n) is 5.02. The van der Waals surface area contributed by atoms with Crippen LogP contribution in [0.5, 0.6) is 0 Å². The van der Waals surface area contributed by atoms with Gasteiger partial charge in [-0.25, -0.2) is 17.5 Å². The van der Waals surface area contributed by atoms with Crippen LogP contribution in [0.4, 0.5) is 10.1 Å². The standard InChI is InChI=1S/C11H15FN2O2S/c1-11(2)6-9(11)14-17(15,16)8-5-3-4-7(12)10(8)13/h3-5,9,14H,6,13H2,1-2H3. The van der Waals surface area contributed by atoms with Crippen molar-refractivity contribution in [3.63, 3.8) is 0 Å². The molecule has 1 atom stereocenters. The molecule has 1 unspecified atom stereocenters. The van der Waals surface area contributed by atoms with Crippen LogP contribution in [0.25, 0.3) is 0 Å². The Balaban J connectivity index is 2.30. The van der Waals surface area contributed by atoms with E-state index in [4.69, 9.17) is 5.73 Å². The molecular weight excluding hydrogens is 243 g/mol. The van der Waals surface area contributed by atoms with E-state index in [1.54, 1.807) is 0 Å². The van der Waals surface area contributed by atoms with Gasteiger partial charge in [0.1, 0.15) is 10.7 Å². The molecule has 94 valence electrons. The summed E-state index contributed by atoms with van der Waals surface area (Å²) in [5.41, 5.74) is 5.07. The Kier molecular flexibility index (Phi) is 2.67. The van der Waals surface area contributed by atoms with Gasteiger partial charge in [-0.1, -0.05) is 19.9 Å². The highest BCUT2D eigenvalue weighted by atomic mass is 32.2. The summed E-state index contributed by atoms with van der Waals surface area (Å²) in [6.45, 7) is 3.93. The number of anilines is 1. The highest BCUT2D eigenvalue weighted by Gasteiger charge is 2.48. The number of benzene rings is 1. The molecule has 4 nitrogen and oxygen atoms in total. The summed E-state index contributed by atoms with van der Waals surface area (Å²) in [5, 5.41) is 0. The zero-order valence-corrected chi connectivity index (χ0v) is 10.5. The largest absolute Gasteiger partial charge is 0.395 e. The third-order valence-electron chi connectivity index (χ3n) is 3.11. The Labute approximate surface area is 100 Å². The third kappa shape index (κ3) is 2.28. The Morgan fingerprint density at radius 1 is 1.47 bits per heavy atom. The Morgan fingerprint density at radius 2 is 2.06 bits per heavy atom. The number of nitrogens with one attached hydrogen (secondary N) is 1. The molecule has 0 amide bonds. The van der Waals surface area contributed by atoms with Gasteiger partial charge in [-0.2, -0.15) is 0 Å². The average molecular weight is 258 g/mol. The molecule has 0 bridgehead atoms. The summed E-state index contributed by atoms with van der Waals surface area (Å²) < 4.78 is 39.7. The topological polar surface area (TPSA) is 72.2 Å². The Bertz CT molecular complexity index is 555. The quantitative estimate of drug-likeness (QED) is 0.807. The van der Waals surface area contributed by atoms with E-state index >= 15 is 0 Å². The first-order valence-electron chi connectivity index (χ1n) is 5.30. The van der Waals surface area contributed by atoms with Crippen LogP contribution in [-0.4, -0.2) is 14.5 Å². The van der Waals surface area contributed by atoms with Gasteiger partial charge in [0.2, 0.25) is 10.0 Å². The third-order valence-corrected chi connectivity index (χ3v) is 4.64. The van der Waals surface area contributed by atoms with Gasteiger partial charge in [-0.15, -0.1) is 0 Å². The lowest BCUT2D eigenvalue weighted by Gasteiger charge is -2.10. The second-order valence-corrected chi connectivity index (χ2v) is 6.70. The first-order valence-corrected chi connectivity index (χ1v) is 6.79. The van der Waals surface area contributed by atoms with Gasteiger partial charge in [0, 0.05) is 6.04 Å². The molecule has 1 fully saturated rings. The maximum atomic E-state index is 13.2. The minimum atomic E-state index is -3.74. The number of para-hydroxylation sites is 1. The zero-order chi connectivity index (χ0) is 12.8. The van der Waals surface area contributed by atoms with Crippen molar-refractivity contribution in [2.75, 3.05) is 5.73 Å². The number of nitrogen functional groups attached to an aromatic ring is 1. The van der Waals surface area contributed by atoms with Gasteiger partial charge in [-0.05, 0) is 24.0 Å². The molecular formula is C11H15FN2O2S. The van der Waals surface area contributed by atoms with Gasteiger partial charge in [0.25, 0.3) is 0 Å². The minimum Gasteiger partial charge on any atom is -0.395 e. The van der Waals surface area contributed by atoms with Crippen molar-refractivity contribution in [1.82, 2.24) is 4.72 Å². The molecule has 1 saturated carbocycles. The zero-order valence-electron chi connectivity index (χ0n) is 9.70. The number of sulfonamides is 1. The molecule has 1 aromatic rings. The van der Waals surface area contributed by atoms with Gasteiger partial charge < -0.3 is 5.73 Å². The molecule has 1 aliphatic carbocycles. The lowest BCUT2D eigenvalue weighted by Crippen LogP contribution is -2.29. The van der Waals surface area contributed by atoms with Crippen LogP contribution in [0.2, 0.25) is 0 Å². The minimum absolute atomic E-state index is 0.0326. The van der Waals surface area contributed by atoms with Crippen LogP contribution >= 0.6 is 0 Å². The SMILES string of the molecule is CC1(C)CC1NS(=O)(=O)c1cccc(F)c1N. The van der Waals surface area contributed by atoms with E-state index in [0.717, 1.165) is 12.5 Å². The number of halogens is 1. The molecule has 0 radical (unpaired) electrons. The summed E-state index contributed by atoms with van der Waals surface area (Å²) in [6.07, 6.45) is 0.779. The van der Waals surface area contributed by atoms with Crippen LogP contribution in [0.15, 0.2) is 23.1 Å². The van der Waals surface area contributed by atoms with Crippen molar-refractivity contribution in [1.29, 1.82) is 0 Å². The lowest BCUT2D eigenvalue weighted by atomic mass is 10.2.